The highest BCUT2D eigenvalue weighted by atomic mass is 35.5. The minimum absolute atomic E-state index is 0.116. The molecule has 1 aromatic carbocycles. The smallest absolute Gasteiger partial charge is 0.259 e. The lowest BCUT2D eigenvalue weighted by atomic mass is 9.92. The highest BCUT2D eigenvalue weighted by Crippen LogP contribution is 2.35. The summed E-state index contributed by atoms with van der Waals surface area (Å²) in [6, 6.07) is 4.41. The van der Waals surface area contributed by atoms with Gasteiger partial charge in [-0.05, 0) is 56.8 Å². The van der Waals surface area contributed by atoms with Gasteiger partial charge >= 0.3 is 0 Å². The van der Waals surface area contributed by atoms with Crippen LogP contribution in [0.15, 0.2) is 22.7 Å². The van der Waals surface area contributed by atoms with Crippen LogP contribution in [0.2, 0.25) is 5.02 Å². The van der Waals surface area contributed by atoms with Gasteiger partial charge in [0.25, 0.3) is 5.91 Å². The number of nitrogens with one attached hydrogen (secondary N) is 1. The van der Waals surface area contributed by atoms with E-state index in [0.717, 1.165) is 25.9 Å². The summed E-state index contributed by atoms with van der Waals surface area (Å²) in [7, 11) is 0. The van der Waals surface area contributed by atoms with Gasteiger partial charge in [0.05, 0.1) is 10.6 Å². The molecule has 2 aromatic rings. The number of benzene rings is 1. The molecule has 5 nitrogen and oxygen atoms in total. The van der Waals surface area contributed by atoms with Crippen LogP contribution < -0.4 is 5.32 Å². The van der Waals surface area contributed by atoms with Crippen molar-refractivity contribution in [1.82, 2.24) is 15.4 Å². The van der Waals surface area contributed by atoms with Crippen LogP contribution in [0.1, 0.15) is 29.0 Å². The zero-order valence-electron chi connectivity index (χ0n) is 14.6. The van der Waals surface area contributed by atoms with Gasteiger partial charge < -0.3 is 14.7 Å². The summed E-state index contributed by atoms with van der Waals surface area (Å²) in [5.41, 5.74) is 0.606. The summed E-state index contributed by atoms with van der Waals surface area (Å²) in [6.45, 7) is 5.10. The molecular weight excluding hydrogens is 357 g/mol. The Morgan fingerprint density at radius 3 is 2.65 bits per heavy atom. The largest absolute Gasteiger partial charge is 0.360 e. The fourth-order valence-corrected chi connectivity index (χ4v) is 4.35. The van der Waals surface area contributed by atoms with Crippen molar-refractivity contribution in [3.05, 3.63) is 40.4 Å². The number of hydrogen-bond acceptors (Lipinski definition) is 4. The lowest BCUT2D eigenvalue weighted by Crippen LogP contribution is -2.33. The van der Waals surface area contributed by atoms with Gasteiger partial charge in [-0.1, -0.05) is 22.8 Å². The average Bonchev–Trinajstić information content (AvgIpc) is 3.16. The third-order valence-corrected chi connectivity index (χ3v) is 5.90. The maximum absolute atomic E-state index is 14.4. The summed E-state index contributed by atoms with van der Waals surface area (Å²) >= 11 is 6.17. The van der Waals surface area contributed by atoms with Crippen molar-refractivity contribution in [1.29, 1.82) is 0 Å². The number of hydrogen-bond donors (Lipinski definition) is 1. The van der Waals surface area contributed by atoms with E-state index < -0.39 is 5.82 Å². The zero-order valence-corrected chi connectivity index (χ0v) is 15.4. The molecule has 138 valence electrons. The van der Waals surface area contributed by atoms with E-state index in [9.17, 15) is 9.18 Å². The Morgan fingerprint density at radius 2 is 2.00 bits per heavy atom. The Hall–Kier alpha value is -1.92. The molecule has 2 fully saturated rings. The summed E-state index contributed by atoms with van der Waals surface area (Å²) < 4.78 is 19.6. The van der Waals surface area contributed by atoms with Crippen LogP contribution in [0.4, 0.5) is 4.39 Å². The van der Waals surface area contributed by atoms with Crippen molar-refractivity contribution in [2.45, 2.75) is 19.8 Å². The molecular formula is C19H21ClFN3O2. The number of carbonyl (C=O) groups excluding carboxylic acids is 1. The number of aryl methyl sites for hydroxylation is 1. The lowest BCUT2D eigenvalue weighted by molar-refractivity contribution is 0.0757. The molecule has 0 saturated carbocycles. The predicted octanol–water partition coefficient (Wildman–Crippen LogP) is 3.51. The second-order valence-electron chi connectivity index (χ2n) is 7.11. The van der Waals surface area contributed by atoms with Crippen molar-refractivity contribution in [3.63, 3.8) is 0 Å². The second-order valence-corrected chi connectivity index (χ2v) is 7.51. The van der Waals surface area contributed by atoms with E-state index in [1.54, 1.807) is 13.0 Å². The Balaban J connectivity index is 1.66. The zero-order chi connectivity index (χ0) is 18.3. The highest BCUT2D eigenvalue weighted by molar-refractivity contribution is 6.33. The minimum Gasteiger partial charge on any atom is -0.360 e. The molecule has 7 heteroatoms. The maximum atomic E-state index is 14.4. The molecule has 2 aliphatic heterocycles. The number of fused-ring (bicyclic) bond motifs is 1. The maximum Gasteiger partial charge on any atom is 0.259 e. The van der Waals surface area contributed by atoms with Crippen LogP contribution in [0.5, 0.6) is 0 Å². The van der Waals surface area contributed by atoms with Gasteiger partial charge in [-0.25, -0.2) is 4.39 Å². The van der Waals surface area contributed by atoms with Gasteiger partial charge in [-0.2, -0.15) is 0 Å². The normalized spacial score (nSPS) is 23.0. The van der Waals surface area contributed by atoms with Gasteiger partial charge in [0, 0.05) is 13.1 Å². The van der Waals surface area contributed by atoms with Crippen molar-refractivity contribution >= 4 is 17.5 Å². The quantitative estimate of drug-likeness (QED) is 0.870. The van der Waals surface area contributed by atoms with E-state index in [4.69, 9.17) is 16.1 Å². The SMILES string of the molecule is Cc1onc(-c2c(F)cccc2Cl)c1C(=O)N1CC[C@@H]2CNC[C@@H]2CC1. The van der Waals surface area contributed by atoms with Crippen LogP contribution in [-0.2, 0) is 0 Å². The van der Waals surface area contributed by atoms with Crippen molar-refractivity contribution in [3.8, 4) is 11.3 Å². The minimum atomic E-state index is -0.517. The number of nitrogens with zero attached hydrogens (tertiary/aromatic N) is 2. The first kappa shape index (κ1) is 17.5. The molecule has 1 amide bonds. The Bertz CT molecular complexity index is 804. The number of aromatic nitrogens is 1. The van der Waals surface area contributed by atoms with Crippen LogP contribution in [-0.4, -0.2) is 42.1 Å². The number of amides is 1. The fourth-order valence-electron chi connectivity index (χ4n) is 4.10. The predicted molar refractivity (Wildman–Crippen MR) is 96.6 cm³/mol. The van der Waals surface area contributed by atoms with E-state index in [-0.39, 0.29) is 22.2 Å². The molecule has 1 N–H and O–H groups in total. The molecule has 26 heavy (non-hydrogen) atoms. The van der Waals surface area contributed by atoms with Crippen LogP contribution in [0.3, 0.4) is 0 Å². The average molecular weight is 378 g/mol. The van der Waals surface area contributed by atoms with Crippen LogP contribution in [0.25, 0.3) is 11.3 Å². The summed E-state index contributed by atoms with van der Waals surface area (Å²) in [5.74, 6) is 0.950. The lowest BCUT2D eigenvalue weighted by Gasteiger charge is -2.21. The van der Waals surface area contributed by atoms with Crippen LogP contribution >= 0.6 is 11.6 Å². The third kappa shape index (κ3) is 3.01. The summed E-state index contributed by atoms with van der Waals surface area (Å²) in [4.78, 5) is 15.1. The van der Waals surface area contributed by atoms with E-state index in [1.807, 2.05) is 4.90 Å². The highest BCUT2D eigenvalue weighted by Gasteiger charge is 2.34. The van der Waals surface area contributed by atoms with Gasteiger partial charge in [0.1, 0.15) is 22.8 Å². The molecule has 2 atom stereocenters. The third-order valence-electron chi connectivity index (χ3n) is 5.58. The number of halogens is 2. The topological polar surface area (TPSA) is 58.4 Å². The van der Waals surface area contributed by atoms with Crippen molar-refractivity contribution in [2.75, 3.05) is 26.2 Å². The van der Waals surface area contributed by atoms with E-state index in [1.165, 1.54) is 12.1 Å². The molecule has 1 aromatic heterocycles. The fraction of sp³-hybridized carbons (Fsp3) is 0.474. The number of likely N-dealkylation sites (tertiary alicyclic amines) is 1. The van der Waals surface area contributed by atoms with Gasteiger partial charge in [0.2, 0.25) is 0 Å². The summed E-state index contributed by atoms with van der Waals surface area (Å²) in [6.07, 6.45) is 1.95. The molecule has 2 aliphatic rings. The second kappa shape index (κ2) is 7.00. The number of carbonyl (C=O) groups is 1. The van der Waals surface area contributed by atoms with Crippen molar-refractivity contribution in [2.24, 2.45) is 11.8 Å². The molecule has 0 spiro atoms. The Kier molecular flexibility index (Phi) is 4.71. The summed E-state index contributed by atoms with van der Waals surface area (Å²) in [5, 5.41) is 7.59. The molecule has 0 aliphatic carbocycles. The van der Waals surface area contributed by atoms with Crippen LogP contribution in [0, 0.1) is 24.6 Å². The molecule has 3 heterocycles. The molecule has 0 unspecified atom stereocenters. The first-order valence-electron chi connectivity index (χ1n) is 8.97. The molecule has 4 rings (SSSR count). The molecule has 0 bridgehead atoms. The van der Waals surface area contributed by atoms with E-state index in [0.29, 0.717) is 36.2 Å². The van der Waals surface area contributed by atoms with E-state index in [2.05, 4.69) is 10.5 Å². The van der Waals surface area contributed by atoms with Gasteiger partial charge in [0.15, 0.2) is 0 Å². The monoisotopic (exact) mass is 377 g/mol. The van der Waals surface area contributed by atoms with Gasteiger partial charge in [-0.3, -0.25) is 4.79 Å². The first-order valence-corrected chi connectivity index (χ1v) is 9.34. The van der Waals surface area contributed by atoms with Crippen molar-refractivity contribution < 1.29 is 13.7 Å². The number of rotatable bonds is 2. The Morgan fingerprint density at radius 1 is 1.31 bits per heavy atom. The van der Waals surface area contributed by atoms with E-state index >= 15 is 0 Å². The molecule has 2 saturated heterocycles. The first-order chi connectivity index (χ1) is 12.6. The standard InChI is InChI=1S/C19H21ClFN3O2/c1-11-16(18(23-26-11)17-14(20)3-2-4-15(17)21)19(25)24-7-5-12-9-22-10-13(12)6-8-24/h2-4,12-13,22H,5-10H2,1H3/t12-,13+. The Labute approximate surface area is 156 Å². The molecule has 0 radical (unpaired) electrons. The van der Waals surface area contributed by atoms with Gasteiger partial charge in [-0.15, -0.1) is 0 Å².